The number of carboxylic acids is 1. The van der Waals surface area contributed by atoms with Gasteiger partial charge in [0.05, 0.1) is 12.8 Å². The summed E-state index contributed by atoms with van der Waals surface area (Å²) in [5, 5.41) is 9.08. The number of aromatic nitrogens is 2. The molecule has 2 aromatic rings. The van der Waals surface area contributed by atoms with Gasteiger partial charge < -0.3 is 14.4 Å². The van der Waals surface area contributed by atoms with Crippen molar-refractivity contribution in [3.8, 4) is 17.0 Å². The minimum absolute atomic E-state index is 0.0111. The summed E-state index contributed by atoms with van der Waals surface area (Å²) >= 11 is 0. The predicted molar refractivity (Wildman–Crippen MR) is 76.2 cm³/mol. The molecule has 0 bridgehead atoms. The maximum absolute atomic E-state index is 11.1. The molecule has 5 nitrogen and oxygen atoms in total. The van der Waals surface area contributed by atoms with Crippen LogP contribution >= 0.6 is 0 Å². The number of imidazole rings is 1. The number of ether oxygens (including phenoxy) is 1. The Balaban J connectivity index is 2.58. The second-order valence-electron chi connectivity index (χ2n) is 4.98. The van der Waals surface area contributed by atoms with Crippen molar-refractivity contribution in [1.29, 1.82) is 0 Å². The quantitative estimate of drug-likeness (QED) is 0.931. The van der Waals surface area contributed by atoms with Crippen molar-refractivity contribution in [2.45, 2.75) is 19.8 Å². The summed E-state index contributed by atoms with van der Waals surface area (Å²) in [7, 11) is 3.26. The molecule has 1 aromatic heterocycles. The van der Waals surface area contributed by atoms with Crippen molar-refractivity contribution in [2.75, 3.05) is 7.11 Å². The molecule has 106 valence electrons. The van der Waals surface area contributed by atoms with E-state index in [1.807, 2.05) is 18.2 Å². The molecule has 0 aliphatic heterocycles. The zero-order chi connectivity index (χ0) is 14.9. The average molecular weight is 274 g/mol. The third-order valence-electron chi connectivity index (χ3n) is 3.23. The summed E-state index contributed by atoms with van der Waals surface area (Å²) in [6.45, 7) is 4.21. The molecule has 1 aromatic carbocycles. The van der Waals surface area contributed by atoms with Crippen LogP contribution in [0.4, 0.5) is 0 Å². The molecule has 0 radical (unpaired) electrons. The molecule has 0 amide bonds. The standard InChI is InChI=1S/C15H18N2O3/c1-9(2)10-5-6-13(20-4)11(7-10)12-8-17(3)14(16-12)15(18)19/h5-9H,1-4H3,(H,18,19). The SMILES string of the molecule is COc1ccc(C(C)C)cc1-c1cn(C)c(C(=O)O)n1. The van der Waals surface area contributed by atoms with Gasteiger partial charge in [-0.05, 0) is 23.6 Å². The Morgan fingerprint density at radius 2 is 2.10 bits per heavy atom. The molecular weight excluding hydrogens is 256 g/mol. The number of benzene rings is 1. The van der Waals surface area contributed by atoms with Crippen molar-refractivity contribution in [2.24, 2.45) is 7.05 Å². The first-order valence-corrected chi connectivity index (χ1v) is 6.39. The molecule has 0 atom stereocenters. The largest absolute Gasteiger partial charge is 0.496 e. The van der Waals surface area contributed by atoms with E-state index in [1.165, 1.54) is 4.57 Å². The van der Waals surface area contributed by atoms with Gasteiger partial charge in [0, 0.05) is 18.8 Å². The molecule has 5 heteroatoms. The van der Waals surface area contributed by atoms with Crippen LogP contribution in [0.2, 0.25) is 0 Å². The van der Waals surface area contributed by atoms with E-state index in [4.69, 9.17) is 9.84 Å². The highest BCUT2D eigenvalue weighted by Crippen LogP contribution is 2.32. The van der Waals surface area contributed by atoms with Crippen molar-refractivity contribution in [1.82, 2.24) is 9.55 Å². The Hall–Kier alpha value is -2.30. The van der Waals surface area contributed by atoms with Crippen LogP contribution in [0.1, 0.15) is 35.9 Å². The van der Waals surface area contributed by atoms with Crippen LogP contribution in [0.25, 0.3) is 11.3 Å². The molecular formula is C15H18N2O3. The van der Waals surface area contributed by atoms with E-state index in [0.29, 0.717) is 17.4 Å². The van der Waals surface area contributed by atoms with E-state index in [1.54, 1.807) is 20.4 Å². The number of carbonyl (C=O) groups is 1. The molecule has 0 unspecified atom stereocenters. The molecule has 20 heavy (non-hydrogen) atoms. The molecule has 1 heterocycles. The van der Waals surface area contributed by atoms with Gasteiger partial charge in [0.15, 0.2) is 0 Å². The van der Waals surface area contributed by atoms with Crippen LogP contribution < -0.4 is 4.74 Å². The molecule has 2 rings (SSSR count). The Morgan fingerprint density at radius 3 is 2.60 bits per heavy atom. The fraction of sp³-hybridized carbons (Fsp3) is 0.333. The second-order valence-corrected chi connectivity index (χ2v) is 4.98. The van der Waals surface area contributed by atoms with Gasteiger partial charge >= 0.3 is 5.97 Å². The van der Waals surface area contributed by atoms with E-state index in [-0.39, 0.29) is 5.82 Å². The molecule has 1 N–H and O–H groups in total. The summed E-state index contributed by atoms with van der Waals surface area (Å²) in [6.07, 6.45) is 1.70. The summed E-state index contributed by atoms with van der Waals surface area (Å²) in [5.74, 6) is 0.0292. The van der Waals surface area contributed by atoms with E-state index in [2.05, 4.69) is 18.8 Å². The second kappa shape index (κ2) is 5.36. The molecule has 0 aliphatic carbocycles. The molecule has 0 fully saturated rings. The van der Waals surface area contributed by atoms with Gasteiger partial charge in [-0.1, -0.05) is 19.9 Å². The first-order valence-electron chi connectivity index (χ1n) is 6.39. The monoisotopic (exact) mass is 274 g/mol. The third kappa shape index (κ3) is 2.52. The number of nitrogens with zero attached hydrogens (tertiary/aromatic N) is 2. The minimum atomic E-state index is -1.04. The van der Waals surface area contributed by atoms with Crippen LogP contribution in [0.5, 0.6) is 5.75 Å². The summed E-state index contributed by atoms with van der Waals surface area (Å²) < 4.78 is 6.85. The highest BCUT2D eigenvalue weighted by molar-refractivity contribution is 5.85. The normalized spacial score (nSPS) is 10.8. The Morgan fingerprint density at radius 1 is 1.40 bits per heavy atom. The van der Waals surface area contributed by atoms with Crippen LogP contribution in [-0.4, -0.2) is 27.7 Å². The van der Waals surface area contributed by atoms with E-state index >= 15 is 0 Å². The lowest BCUT2D eigenvalue weighted by molar-refractivity contribution is 0.0680. The topological polar surface area (TPSA) is 64.3 Å². The van der Waals surface area contributed by atoms with Crippen LogP contribution in [0.3, 0.4) is 0 Å². The minimum Gasteiger partial charge on any atom is -0.496 e. The van der Waals surface area contributed by atoms with Gasteiger partial charge in [-0.3, -0.25) is 0 Å². The number of aromatic carboxylic acids is 1. The first-order chi connectivity index (χ1) is 9.43. The van der Waals surface area contributed by atoms with Gasteiger partial charge in [-0.15, -0.1) is 0 Å². The van der Waals surface area contributed by atoms with E-state index in [9.17, 15) is 4.79 Å². The van der Waals surface area contributed by atoms with Crippen molar-refractivity contribution < 1.29 is 14.6 Å². The highest BCUT2D eigenvalue weighted by atomic mass is 16.5. The summed E-state index contributed by atoms with van der Waals surface area (Å²) in [4.78, 5) is 15.3. The number of hydrogen-bond donors (Lipinski definition) is 1. The van der Waals surface area contributed by atoms with Crippen LogP contribution in [-0.2, 0) is 7.05 Å². The molecule has 0 saturated heterocycles. The van der Waals surface area contributed by atoms with Crippen LogP contribution in [0.15, 0.2) is 24.4 Å². The zero-order valence-electron chi connectivity index (χ0n) is 12.0. The maximum Gasteiger partial charge on any atom is 0.372 e. The summed E-state index contributed by atoms with van der Waals surface area (Å²) in [6, 6.07) is 5.89. The maximum atomic E-state index is 11.1. The lowest BCUT2D eigenvalue weighted by atomic mass is 9.99. The fourth-order valence-corrected chi connectivity index (χ4v) is 2.08. The molecule has 0 spiro atoms. The average Bonchev–Trinajstić information content (AvgIpc) is 2.80. The zero-order valence-corrected chi connectivity index (χ0v) is 12.0. The van der Waals surface area contributed by atoms with Gasteiger partial charge in [-0.2, -0.15) is 0 Å². The van der Waals surface area contributed by atoms with Crippen molar-refractivity contribution >= 4 is 5.97 Å². The van der Waals surface area contributed by atoms with Crippen LogP contribution in [0, 0.1) is 0 Å². The molecule has 0 saturated carbocycles. The van der Waals surface area contributed by atoms with Gasteiger partial charge in [0.1, 0.15) is 5.75 Å². The lowest BCUT2D eigenvalue weighted by Crippen LogP contribution is -2.05. The van der Waals surface area contributed by atoms with Gasteiger partial charge in [0.2, 0.25) is 5.82 Å². The first kappa shape index (κ1) is 14.1. The number of methoxy groups -OCH3 is 1. The van der Waals surface area contributed by atoms with E-state index in [0.717, 1.165) is 11.1 Å². The Labute approximate surface area is 117 Å². The van der Waals surface area contributed by atoms with Gasteiger partial charge in [-0.25, -0.2) is 9.78 Å². The predicted octanol–water partition coefficient (Wildman–Crippen LogP) is 2.92. The van der Waals surface area contributed by atoms with Crippen molar-refractivity contribution in [3.05, 3.63) is 35.8 Å². The Kier molecular flexibility index (Phi) is 3.79. The Bertz CT molecular complexity index is 645. The van der Waals surface area contributed by atoms with Crippen molar-refractivity contribution in [3.63, 3.8) is 0 Å². The smallest absolute Gasteiger partial charge is 0.372 e. The van der Waals surface area contributed by atoms with Gasteiger partial charge in [0.25, 0.3) is 0 Å². The van der Waals surface area contributed by atoms with E-state index < -0.39 is 5.97 Å². The highest BCUT2D eigenvalue weighted by Gasteiger charge is 2.16. The number of carboxylic acid groups (broad SMARTS) is 1. The third-order valence-corrected chi connectivity index (χ3v) is 3.23. The molecule has 0 aliphatic rings. The number of rotatable bonds is 4. The number of aryl methyl sites for hydroxylation is 1. The fourth-order valence-electron chi connectivity index (χ4n) is 2.08. The number of hydrogen-bond acceptors (Lipinski definition) is 3. The lowest BCUT2D eigenvalue weighted by Gasteiger charge is -2.11. The summed E-state index contributed by atoms with van der Waals surface area (Å²) in [5.41, 5.74) is 2.56.